The molecule has 3 aromatic carbocycles. The molecule has 0 N–H and O–H groups in total. The van der Waals surface area contributed by atoms with E-state index in [0.29, 0.717) is 17.7 Å². The minimum absolute atomic E-state index is 0.447. The van der Waals surface area contributed by atoms with Gasteiger partial charge < -0.3 is 4.74 Å². The van der Waals surface area contributed by atoms with Crippen molar-refractivity contribution in [3.63, 3.8) is 0 Å². The number of nitriles is 1. The first-order chi connectivity index (χ1) is 12.6. The molecule has 3 rings (SSSR count). The number of nitrogens with zero attached hydrogens (tertiary/aromatic N) is 1. The highest BCUT2D eigenvalue weighted by molar-refractivity contribution is 5.75. The molecule has 0 aliphatic heterocycles. The third-order valence-electron chi connectivity index (χ3n) is 4.30. The lowest BCUT2D eigenvalue weighted by Gasteiger charge is -2.13. The van der Waals surface area contributed by atoms with Crippen LogP contribution in [0.1, 0.15) is 32.6 Å². The van der Waals surface area contributed by atoms with Crippen LogP contribution in [0.5, 0.6) is 5.75 Å². The van der Waals surface area contributed by atoms with E-state index < -0.39 is 0 Å². The zero-order valence-electron chi connectivity index (χ0n) is 14.8. The molecule has 3 heteroatoms. The molecule has 0 bridgehead atoms. The van der Waals surface area contributed by atoms with E-state index in [0.717, 1.165) is 39.9 Å². The second-order valence-electron chi connectivity index (χ2n) is 6.27. The van der Waals surface area contributed by atoms with Crippen molar-refractivity contribution in [2.24, 2.45) is 0 Å². The fourth-order valence-corrected chi connectivity index (χ4v) is 3.11. The monoisotopic (exact) mass is 341 g/mol. The summed E-state index contributed by atoms with van der Waals surface area (Å²) in [6, 6.07) is 21.3. The highest BCUT2D eigenvalue weighted by atomic mass is 16.5. The van der Waals surface area contributed by atoms with E-state index in [-0.39, 0.29) is 0 Å². The van der Waals surface area contributed by atoms with Gasteiger partial charge in [0.25, 0.3) is 0 Å². The van der Waals surface area contributed by atoms with Gasteiger partial charge in [-0.2, -0.15) is 5.26 Å². The fraction of sp³-hybridized carbons (Fsp3) is 0.130. The summed E-state index contributed by atoms with van der Waals surface area (Å²) >= 11 is 0. The van der Waals surface area contributed by atoms with Crippen molar-refractivity contribution in [1.82, 2.24) is 0 Å². The molecule has 0 unspecified atom stereocenters. The zero-order chi connectivity index (χ0) is 18.5. The van der Waals surface area contributed by atoms with Crippen molar-refractivity contribution in [2.45, 2.75) is 20.5 Å². The Kier molecular flexibility index (Phi) is 5.15. The molecule has 0 spiro atoms. The van der Waals surface area contributed by atoms with Crippen LogP contribution in [-0.4, -0.2) is 6.29 Å². The molecule has 128 valence electrons. The summed E-state index contributed by atoms with van der Waals surface area (Å²) in [7, 11) is 0. The number of carbonyl (C=O) groups is 1. The molecular formula is C23H19NO2. The molecule has 0 fully saturated rings. The normalized spacial score (nSPS) is 10.2. The average Bonchev–Trinajstić information content (AvgIpc) is 2.66. The number of hydrogen-bond acceptors (Lipinski definition) is 3. The van der Waals surface area contributed by atoms with Crippen LogP contribution in [0.4, 0.5) is 0 Å². The Balaban J connectivity index is 1.82. The SMILES string of the molecule is Cc1cc(C#N)cc(C)c1-c1cccc(COc2ccc(C=O)cc2)c1. The van der Waals surface area contributed by atoms with Crippen LogP contribution in [0.25, 0.3) is 11.1 Å². The van der Waals surface area contributed by atoms with Gasteiger partial charge in [-0.1, -0.05) is 18.2 Å². The maximum atomic E-state index is 10.7. The molecule has 0 amide bonds. The second-order valence-corrected chi connectivity index (χ2v) is 6.27. The lowest BCUT2D eigenvalue weighted by atomic mass is 9.93. The van der Waals surface area contributed by atoms with Gasteiger partial charge in [0, 0.05) is 5.56 Å². The van der Waals surface area contributed by atoms with Crippen molar-refractivity contribution in [2.75, 3.05) is 0 Å². The van der Waals surface area contributed by atoms with E-state index >= 15 is 0 Å². The number of rotatable bonds is 5. The van der Waals surface area contributed by atoms with Gasteiger partial charge in [-0.3, -0.25) is 4.79 Å². The van der Waals surface area contributed by atoms with Crippen molar-refractivity contribution in [3.8, 4) is 22.9 Å². The Morgan fingerprint density at radius 2 is 1.69 bits per heavy atom. The summed E-state index contributed by atoms with van der Waals surface area (Å²) in [6.07, 6.45) is 0.815. The Labute approximate surface area is 153 Å². The number of aldehydes is 1. The van der Waals surface area contributed by atoms with E-state index in [4.69, 9.17) is 10.00 Å². The molecule has 0 saturated heterocycles. The van der Waals surface area contributed by atoms with E-state index in [1.54, 1.807) is 24.3 Å². The van der Waals surface area contributed by atoms with Crippen molar-refractivity contribution in [3.05, 3.63) is 88.5 Å². The van der Waals surface area contributed by atoms with Gasteiger partial charge in [0.2, 0.25) is 0 Å². The highest BCUT2D eigenvalue weighted by Gasteiger charge is 2.08. The summed E-state index contributed by atoms with van der Waals surface area (Å²) in [4.78, 5) is 10.7. The van der Waals surface area contributed by atoms with Gasteiger partial charge in [-0.25, -0.2) is 0 Å². The first-order valence-electron chi connectivity index (χ1n) is 8.39. The number of hydrogen-bond donors (Lipinski definition) is 0. The predicted molar refractivity (Wildman–Crippen MR) is 102 cm³/mol. The van der Waals surface area contributed by atoms with Gasteiger partial charge in [-0.05, 0) is 84.1 Å². The molecule has 0 heterocycles. The van der Waals surface area contributed by atoms with Crippen LogP contribution in [0.3, 0.4) is 0 Å². The number of ether oxygens (including phenoxy) is 1. The highest BCUT2D eigenvalue weighted by Crippen LogP contribution is 2.29. The number of carbonyl (C=O) groups excluding carboxylic acids is 1. The smallest absolute Gasteiger partial charge is 0.150 e. The molecule has 0 aliphatic carbocycles. The minimum Gasteiger partial charge on any atom is -0.489 e. The first kappa shape index (κ1) is 17.4. The van der Waals surface area contributed by atoms with E-state index in [1.807, 2.05) is 38.1 Å². The topological polar surface area (TPSA) is 50.1 Å². The Hall–Kier alpha value is -3.38. The molecule has 26 heavy (non-hydrogen) atoms. The molecular weight excluding hydrogens is 322 g/mol. The van der Waals surface area contributed by atoms with Crippen LogP contribution in [0, 0.1) is 25.2 Å². The predicted octanol–water partition coefficient (Wildman–Crippen LogP) is 5.23. The van der Waals surface area contributed by atoms with Crippen LogP contribution < -0.4 is 4.74 Å². The number of benzene rings is 3. The lowest BCUT2D eigenvalue weighted by Crippen LogP contribution is -1.97. The maximum Gasteiger partial charge on any atom is 0.150 e. The minimum atomic E-state index is 0.447. The third kappa shape index (κ3) is 3.81. The molecule has 3 nitrogen and oxygen atoms in total. The molecule has 0 atom stereocenters. The van der Waals surface area contributed by atoms with E-state index in [9.17, 15) is 4.79 Å². The Morgan fingerprint density at radius 1 is 1.00 bits per heavy atom. The van der Waals surface area contributed by atoms with Crippen molar-refractivity contribution in [1.29, 1.82) is 5.26 Å². The number of aryl methyl sites for hydroxylation is 2. The fourth-order valence-electron chi connectivity index (χ4n) is 3.11. The zero-order valence-corrected chi connectivity index (χ0v) is 14.8. The third-order valence-corrected chi connectivity index (χ3v) is 4.30. The summed E-state index contributed by atoms with van der Waals surface area (Å²) < 4.78 is 5.82. The maximum absolute atomic E-state index is 10.7. The largest absolute Gasteiger partial charge is 0.489 e. The average molecular weight is 341 g/mol. The second kappa shape index (κ2) is 7.67. The van der Waals surface area contributed by atoms with Gasteiger partial charge in [-0.15, -0.1) is 0 Å². The van der Waals surface area contributed by atoms with Crippen LogP contribution in [0.15, 0.2) is 60.7 Å². The molecule has 0 saturated carbocycles. The first-order valence-corrected chi connectivity index (χ1v) is 8.39. The van der Waals surface area contributed by atoms with Crippen molar-refractivity contribution < 1.29 is 9.53 Å². The summed E-state index contributed by atoms with van der Waals surface area (Å²) in [5.74, 6) is 0.728. The lowest BCUT2D eigenvalue weighted by molar-refractivity contribution is 0.112. The molecule has 0 radical (unpaired) electrons. The summed E-state index contributed by atoms with van der Waals surface area (Å²) in [6.45, 7) is 4.50. The standard InChI is InChI=1S/C23H19NO2/c1-16-10-20(13-24)11-17(2)23(16)21-5-3-4-19(12-21)15-26-22-8-6-18(14-25)7-9-22/h3-12,14H,15H2,1-2H3. The van der Waals surface area contributed by atoms with Crippen LogP contribution in [0.2, 0.25) is 0 Å². The summed E-state index contributed by atoms with van der Waals surface area (Å²) in [5.41, 5.74) is 6.81. The molecule has 0 aromatic heterocycles. The molecule has 0 aliphatic rings. The summed E-state index contributed by atoms with van der Waals surface area (Å²) in [5, 5.41) is 9.12. The van der Waals surface area contributed by atoms with Gasteiger partial charge in [0.1, 0.15) is 18.6 Å². The van der Waals surface area contributed by atoms with Gasteiger partial charge in [0.15, 0.2) is 0 Å². The van der Waals surface area contributed by atoms with E-state index in [2.05, 4.69) is 18.2 Å². The van der Waals surface area contributed by atoms with Crippen LogP contribution in [-0.2, 0) is 6.61 Å². The Bertz CT molecular complexity index is 959. The van der Waals surface area contributed by atoms with Gasteiger partial charge >= 0.3 is 0 Å². The van der Waals surface area contributed by atoms with Crippen molar-refractivity contribution >= 4 is 6.29 Å². The van der Waals surface area contributed by atoms with Gasteiger partial charge in [0.05, 0.1) is 11.6 Å². The Morgan fingerprint density at radius 3 is 2.31 bits per heavy atom. The molecule has 3 aromatic rings. The van der Waals surface area contributed by atoms with Crippen LogP contribution >= 0.6 is 0 Å². The quantitative estimate of drug-likeness (QED) is 0.597. The van der Waals surface area contributed by atoms with E-state index in [1.165, 1.54) is 0 Å².